The number of benzene rings is 2. The summed E-state index contributed by atoms with van der Waals surface area (Å²) in [5.74, 6) is 1.17. The van der Waals surface area contributed by atoms with Gasteiger partial charge in [-0.25, -0.2) is 0 Å². The van der Waals surface area contributed by atoms with E-state index in [0.717, 1.165) is 46.9 Å². The summed E-state index contributed by atoms with van der Waals surface area (Å²) in [5.41, 5.74) is 13.9. The highest BCUT2D eigenvalue weighted by atomic mass is 14.8. The molecule has 49 heavy (non-hydrogen) atoms. The number of aliphatic imine (C=N–C) groups is 1. The molecular formula is C45H34N4. The van der Waals surface area contributed by atoms with Crippen molar-refractivity contribution < 1.29 is 0 Å². The minimum Gasteiger partial charge on any atom is -0.283 e. The molecule has 0 saturated carbocycles. The van der Waals surface area contributed by atoms with E-state index < -0.39 is 0 Å². The van der Waals surface area contributed by atoms with Crippen LogP contribution < -0.4 is 0 Å². The first-order valence-corrected chi connectivity index (χ1v) is 17.3. The average Bonchev–Trinajstić information content (AvgIpc) is 3.65. The normalized spacial score (nSPS) is 25.4. The van der Waals surface area contributed by atoms with E-state index in [1.54, 1.807) is 0 Å². The molecular weight excluding hydrogens is 597 g/mol. The second kappa shape index (κ2) is 11.2. The summed E-state index contributed by atoms with van der Waals surface area (Å²) in [7, 11) is 0. The quantitative estimate of drug-likeness (QED) is 0.199. The van der Waals surface area contributed by atoms with Crippen molar-refractivity contribution in [3.63, 3.8) is 0 Å². The molecule has 5 aliphatic rings. The van der Waals surface area contributed by atoms with Gasteiger partial charge in [-0.2, -0.15) is 0 Å². The molecule has 3 aromatic heterocycles. The van der Waals surface area contributed by atoms with Gasteiger partial charge in [0, 0.05) is 59.8 Å². The predicted octanol–water partition coefficient (Wildman–Crippen LogP) is 9.45. The first-order chi connectivity index (χ1) is 24.3. The summed E-state index contributed by atoms with van der Waals surface area (Å²) < 4.78 is 0. The van der Waals surface area contributed by atoms with Crippen molar-refractivity contribution in [3.05, 3.63) is 192 Å². The van der Waals surface area contributed by atoms with Crippen LogP contribution in [0.5, 0.6) is 0 Å². The molecule has 4 nitrogen and oxygen atoms in total. The molecule has 0 radical (unpaired) electrons. The smallest absolute Gasteiger partial charge is 0.0886 e. The Morgan fingerprint density at radius 3 is 2.20 bits per heavy atom. The van der Waals surface area contributed by atoms with Gasteiger partial charge >= 0.3 is 0 Å². The van der Waals surface area contributed by atoms with Crippen molar-refractivity contribution in [3.8, 4) is 22.5 Å². The molecule has 0 amide bonds. The fraction of sp³-hybridized carbons (Fsp3) is 0.156. The number of rotatable bonds is 4. The van der Waals surface area contributed by atoms with E-state index in [1.807, 2.05) is 36.8 Å². The lowest BCUT2D eigenvalue weighted by Crippen LogP contribution is -2.38. The molecule has 0 bridgehead atoms. The van der Waals surface area contributed by atoms with Crippen molar-refractivity contribution in [2.75, 3.05) is 6.54 Å². The summed E-state index contributed by atoms with van der Waals surface area (Å²) in [6.45, 7) is 0.829. The average molecular weight is 631 g/mol. The van der Waals surface area contributed by atoms with Crippen LogP contribution in [0.1, 0.15) is 51.8 Å². The lowest BCUT2D eigenvalue weighted by molar-refractivity contribution is 0.312. The van der Waals surface area contributed by atoms with Gasteiger partial charge in [-0.3, -0.25) is 19.9 Å². The number of aromatic nitrogens is 3. The Morgan fingerprint density at radius 2 is 1.37 bits per heavy atom. The molecule has 0 fully saturated rings. The van der Waals surface area contributed by atoms with E-state index in [9.17, 15) is 0 Å². The van der Waals surface area contributed by atoms with Gasteiger partial charge in [-0.15, -0.1) is 0 Å². The van der Waals surface area contributed by atoms with Gasteiger partial charge in [0.25, 0.3) is 0 Å². The zero-order chi connectivity index (χ0) is 32.4. The molecule has 0 N–H and O–H groups in total. The number of hydrogen-bond donors (Lipinski definition) is 0. The topological polar surface area (TPSA) is 51.0 Å². The summed E-state index contributed by atoms with van der Waals surface area (Å²) in [5, 5.41) is 0. The standard InChI is InChI=1S/C45H34N4/c1-3-11-37-33(9-1)34-10-2-4-12-38(34)45(37)39-25-29(31-17-21-43(48-27-31)41-13-5-7-23-46-41)15-19-35(39)36-20-16-30(26-40(36)45)32-18-22-44(49-28-32)42-14-6-8-24-47-42/h1-7,9-23,25-28,33,35,37,39H,8,24H2. The largest absolute Gasteiger partial charge is 0.283 e. The number of pyridine rings is 3. The molecule has 4 aliphatic carbocycles. The van der Waals surface area contributed by atoms with E-state index >= 15 is 0 Å². The molecule has 4 heteroatoms. The molecule has 4 heterocycles. The van der Waals surface area contributed by atoms with Gasteiger partial charge in [-0.1, -0.05) is 103 Å². The Bertz CT molecular complexity index is 2290. The second-order valence-corrected chi connectivity index (χ2v) is 13.6. The zero-order valence-electron chi connectivity index (χ0n) is 27.0. The Hall–Kier alpha value is -5.74. The number of hydrogen-bond acceptors (Lipinski definition) is 4. The number of fused-ring (bicyclic) bond motifs is 10. The first kappa shape index (κ1) is 28.3. The fourth-order valence-electron chi connectivity index (χ4n) is 9.18. The van der Waals surface area contributed by atoms with Crippen LogP contribution in [-0.2, 0) is 5.41 Å². The van der Waals surface area contributed by atoms with E-state index in [0.29, 0.717) is 11.8 Å². The van der Waals surface area contributed by atoms with Crippen LogP contribution in [0.2, 0.25) is 0 Å². The summed E-state index contributed by atoms with van der Waals surface area (Å²) in [6, 6.07) is 30.9. The summed E-state index contributed by atoms with van der Waals surface area (Å²) >= 11 is 0. The van der Waals surface area contributed by atoms with Crippen molar-refractivity contribution >= 4 is 11.3 Å². The Balaban J connectivity index is 1.11. The SMILES string of the molecule is C1=CC2c3ccccc3C3(c4cc(-c5ccc(C6=NCCC=C6)nc5)ccc4C4C=CC(c5ccc(-c6ccccn6)nc5)=CC43)C2C=C1. The molecule has 5 atom stereocenters. The maximum atomic E-state index is 4.87. The molecule has 2 aromatic carbocycles. The Kier molecular flexibility index (Phi) is 6.45. The van der Waals surface area contributed by atoms with Gasteiger partial charge in [0.15, 0.2) is 0 Å². The minimum atomic E-state index is -0.217. The van der Waals surface area contributed by atoms with E-state index in [-0.39, 0.29) is 17.3 Å². The van der Waals surface area contributed by atoms with Crippen molar-refractivity contribution in [2.45, 2.75) is 23.7 Å². The van der Waals surface area contributed by atoms with Gasteiger partial charge in [0.2, 0.25) is 0 Å². The summed E-state index contributed by atoms with van der Waals surface area (Å²) in [6.07, 6.45) is 27.8. The third-order valence-electron chi connectivity index (χ3n) is 11.3. The first-order valence-electron chi connectivity index (χ1n) is 17.3. The molecule has 0 saturated heterocycles. The van der Waals surface area contributed by atoms with E-state index in [4.69, 9.17) is 9.97 Å². The highest BCUT2D eigenvalue weighted by Gasteiger charge is 2.61. The lowest BCUT2D eigenvalue weighted by atomic mass is 9.61. The van der Waals surface area contributed by atoms with Crippen molar-refractivity contribution in [2.24, 2.45) is 16.8 Å². The monoisotopic (exact) mass is 630 g/mol. The van der Waals surface area contributed by atoms with Crippen LogP contribution in [0.15, 0.2) is 163 Å². The van der Waals surface area contributed by atoms with Crippen LogP contribution in [-0.4, -0.2) is 27.2 Å². The summed E-state index contributed by atoms with van der Waals surface area (Å²) in [4.78, 5) is 18.9. The van der Waals surface area contributed by atoms with Crippen LogP contribution in [0.3, 0.4) is 0 Å². The van der Waals surface area contributed by atoms with Crippen LogP contribution in [0, 0.1) is 11.8 Å². The number of allylic oxidation sites excluding steroid dienone is 9. The van der Waals surface area contributed by atoms with Gasteiger partial charge in [-0.05, 0) is 81.8 Å². The predicted molar refractivity (Wildman–Crippen MR) is 197 cm³/mol. The zero-order valence-corrected chi connectivity index (χ0v) is 27.0. The third kappa shape index (κ3) is 4.30. The molecule has 234 valence electrons. The van der Waals surface area contributed by atoms with Crippen LogP contribution in [0.4, 0.5) is 0 Å². The van der Waals surface area contributed by atoms with Gasteiger partial charge < -0.3 is 0 Å². The van der Waals surface area contributed by atoms with Crippen LogP contribution in [0.25, 0.3) is 28.1 Å². The molecule has 10 rings (SSSR count). The minimum absolute atomic E-state index is 0.217. The van der Waals surface area contributed by atoms with Gasteiger partial charge in [0.1, 0.15) is 0 Å². The second-order valence-electron chi connectivity index (χ2n) is 13.6. The maximum absolute atomic E-state index is 4.87. The fourth-order valence-corrected chi connectivity index (χ4v) is 9.18. The number of dihydropyridines is 1. The number of nitrogens with zero attached hydrogens (tertiary/aromatic N) is 4. The lowest BCUT2D eigenvalue weighted by Gasteiger charge is -2.41. The van der Waals surface area contributed by atoms with Crippen molar-refractivity contribution in [1.29, 1.82) is 0 Å². The molecule has 5 aromatic rings. The molecule has 1 aliphatic heterocycles. The maximum Gasteiger partial charge on any atom is 0.0886 e. The van der Waals surface area contributed by atoms with Gasteiger partial charge in [0.05, 0.1) is 22.8 Å². The van der Waals surface area contributed by atoms with E-state index in [2.05, 4.69) is 131 Å². The molecule has 5 unspecified atom stereocenters. The highest BCUT2D eigenvalue weighted by molar-refractivity contribution is 6.07. The third-order valence-corrected chi connectivity index (χ3v) is 11.3. The highest BCUT2D eigenvalue weighted by Crippen LogP contribution is 2.68. The Morgan fingerprint density at radius 1 is 0.592 bits per heavy atom. The molecule has 1 spiro atoms. The van der Waals surface area contributed by atoms with Crippen molar-refractivity contribution in [1.82, 2.24) is 15.0 Å². The Labute approximate surface area is 286 Å². The van der Waals surface area contributed by atoms with E-state index in [1.165, 1.54) is 33.4 Å². The van der Waals surface area contributed by atoms with Crippen LogP contribution >= 0.6 is 0 Å².